The van der Waals surface area contributed by atoms with Gasteiger partial charge in [-0.2, -0.15) is 0 Å². The molecular formula is C21H28N4O3S. The molecule has 0 radical (unpaired) electrons. The summed E-state index contributed by atoms with van der Waals surface area (Å²) in [7, 11) is -3.75. The third-order valence-electron chi connectivity index (χ3n) is 5.07. The molecule has 0 unspecified atom stereocenters. The Morgan fingerprint density at radius 3 is 2.03 bits per heavy atom. The molecule has 0 aromatic heterocycles. The Morgan fingerprint density at radius 1 is 0.931 bits per heavy atom. The van der Waals surface area contributed by atoms with Crippen LogP contribution in [0.1, 0.15) is 32.6 Å². The van der Waals surface area contributed by atoms with Crippen LogP contribution in [0.3, 0.4) is 0 Å². The molecule has 1 saturated heterocycles. The summed E-state index contributed by atoms with van der Waals surface area (Å²) in [5, 5.41) is 11.0. The summed E-state index contributed by atoms with van der Waals surface area (Å²) < 4.78 is 22.6. The molecule has 1 aliphatic rings. The number of nitrogens with two attached hydrogens (primary N) is 1. The molecule has 8 heteroatoms. The molecule has 0 spiro atoms. The SMILES string of the molecule is C[C@H](Nc1ccc(N2CCCCCC2)cc1)C(=O)Nc1ccc(S(N)(=O)=O)cc1. The second-order valence-electron chi connectivity index (χ2n) is 7.37. The van der Waals surface area contributed by atoms with E-state index >= 15 is 0 Å². The van der Waals surface area contributed by atoms with Crippen LogP contribution in [0, 0.1) is 0 Å². The standard InChI is InChI=1S/C21H28N4O3S/c1-16(21(26)24-18-8-12-20(13-9-18)29(22,27)28)23-17-6-10-19(11-7-17)25-14-4-2-3-5-15-25/h6-13,16,23H,2-5,14-15H2,1H3,(H,24,26)(H2,22,27,28)/t16-/m0/s1. The molecule has 0 bridgehead atoms. The van der Waals surface area contributed by atoms with E-state index < -0.39 is 16.1 Å². The van der Waals surface area contributed by atoms with Crippen molar-refractivity contribution >= 4 is 33.0 Å². The zero-order valence-electron chi connectivity index (χ0n) is 16.6. The summed E-state index contributed by atoms with van der Waals surface area (Å²) in [6.45, 7) is 3.96. The van der Waals surface area contributed by atoms with E-state index in [-0.39, 0.29) is 10.8 Å². The Hall–Kier alpha value is -2.58. The van der Waals surface area contributed by atoms with Gasteiger partial charge in [-0.05, 0) is 68.3 Å². The number of primary sulfonamides is 1. The molecule has 1 aliphatic heterocycles. The minimum absolute atomic E-state index is 0.00571. The Labute approximate surface area is 172 Å². The van der Waals surface area contributed by atoms with Crippen LogP contribution in [0.5, 0.6) is 0 Å². The van der Waals surface area contributed by atoms with Crippen LogP contribution in [-0.4, -0.2) is 33.5 Å². The van der Waals surface area contributed by atoms with Crippen molar-refractivity contribution in [2.45, 2.75) is 43.5 Å². The number of rotatable bonds is 6. The molecule has 0 aliphatic carbocycles. The topological polar surface area (TPSA) is 105 Å². The van der Waals surface area contributed by atoms with Crippen LogP contribution in [0.2, 0.25) is 0 Å². The van der Waals surface area contributed by atoms with Gasteiger partial charge in [0.15, 0.2) is 0 Å². The van der Waals surface area contributed by atoms with E-state index in [4.69, 9.17) is 5.14 Å². The maximum absolute atomic E-state index is 12.4. The van der Waals surface area contributed by atoms with Gasteiger partial charge in [0.25, 0.3) is 0 Å². The number of sulfonamides is 1. The Bertz CT molecular complexity index is 919. The highest BCUT2D eigenvalue weighted by Crippen LogP contribution is 2.22. The average Bonchev–Trinajstić information content (AvgIpc) is 2.98. The molecule has 1 fully saturated rings. The van der Waals surface area contributed by atoms with Crippen molar-refractivity contribution in [2.24, 2.45) is 5.14 Å². The summed E-state index contributed by atoms with van der Waals surface area (Å²) >= 11 is 0. The zero-order valence-corrected chi connectivity index (χ0v) is 17.4. The predicted octanol–water partition coefficient (Wildman–Crippen LogP) is 3.15. The van der Waals surface area contributed by atoms with Gasteiger partial charge in [0.2, 0.25) is 15.9 Å². The van der Waals surface area contributed by atoms with E-state index in [1.807, 2.05) is 12.1 Å². The Balaban J connectivity index is 1.56. The number of carbonyl (C=O) groups is 1. The minimum Gasteiger partial charge on any atom is -0.374 e. The smallest absolute Gasteiger partial charge is 0.246 e. The van der Waals surface area contributed by atoms with E-state index in [1.54, 1.807) is 6.92 Å². The fourth-order valence-corrected chi connectivity index (χ4v) is 3.91. The molecule has 7 nitrogen and oxygen atoms in total. The van der Waals surface area contributed by atoms with Crippen LogP contribution < -0.4 is 20.7 Å². The summed E-state index contributed by atoms with van der Waals surface area (Å²) in [4.78, 5) is 14.8. The maximum Gasteiger partial charge on any atom is 0.246 e. The van der Waals surface area contributed by atoms with Crippen molar-refractivity contribution in [1.29, 1.82) is 0 Å². The van der Waals surface area contributed by atoms with Gasteiger partial charge in [-0.15, -0.1) is 0 Å². The molecule has 4 N–H and O–H groups in total. The van der Waals surface area contributed by atoms with E-state index in [1.165, 1.54) is 55.6 Å². The van der Waals surface area contributed by atoms with Crippen molar-refractivity contribution in [3.8, 4) is 0 Å². The lowest BCUT2D eigenvalue weighted by molar-refractivity contribution is -0.116. The lowest BCUT2D eigenvalue weighted by atomic mass is 10.2. The maximum atomic E-state index is 12.4. The number of hydrogen-bond acceptors (Lipinski definition) is 5. The van der Waals surface area contributed by atoms with Gasteiger partial charge in [-0.25, -0.2) is 13.6 Å². The first-order valence-corrected chi connectivity index (χ1v) is 11.4. The van der Waals surface area contributed by atoms with Gasteiger partial charge in [-0.3, -0.25) is 4.79 Å². The second-order valence-corrected chi connectivity index (χ2v) is 8.93. The monoisotopic (exact) mass is 416 g/mol. The molecule has 3 rings (SSSR count). The number of nitrogens with one attached hydrogen (secondary N) is 2. The largest absolute Gasteiger partial charge is 0.374 e. The van der Waals surface area contributed by atoms with Crippen molar-refractivity contribution in [3.05, 3.63) is 48.5 Å². The first-order chi connectivity index (χ1) is 13.8. The van der Waals surface area contributed by atoms with Gasteiger partial charge in [-0.1, -0.05) is 12.8 Å². The number of nitrogens with zero attached hydrogens (tertiary/aromatic N) is 1. The van der Waals surface area contributed by atoms with E-state index in [0.29, 0.717) is 5.69 Å². The van der Waals surface area contributed by atoms with Crippen LogP contribution in [0.15, 0.2) is 53.4 Å². The van der Waals surface area contributed by atoms with E-state index in [9.17, 15) is 13.2 Å². The number of anilines is 3. The zero-order chi connectivity index (χ0) is 20.9. The molecule has 2 aromatic carbocycles. The highest BCUT2D eigenvalue weighted by molar-refractivity contribution is 7.89. The van der Waals surface area contributed by atoms with Gasteiger partial charge < -0.3 is 15.5 Å². The fourth-order valence-electron chi connectivity index (χ4n) is 3.39. The van der Waals surface area contributed by atoms with Crippen molar-refractivity contribution in [2.75, 3.05) is 28.6 Å². The first kappa shape index (κ1) is 21.1. The molecule has 1 heterocycles. The van der Waals surface area contributed by atoms with Crippen LogP contribution >= 0.6 is 0 Å². The number of benzene rings is 2. The average molecular weight is 417 g/mol. The summed E-state index contributed by atoms with van der Waals surface area (Å²) in [5.41, 5.74) is 2.59. The van der Waals surface area contributed by atoms with Crippen LogP contribution in [-0.2, 0) is 14.8 Å². The highest BCUT2D eigenvalue weighted by Gasteiger charge is 2.15. The first-order valence-electron chi connectivity index (χ1n) is 9.88. The van der Waals surface area contributed by atoms with E-state index in [2.05, 4.69) is 27.7 Å². The lowest BCUT2D eigenvalue weighted by Gasteiger charge is -2.23. The molecule has 1 amide bonds. The molecule has 0 saturated carbocycles. The van der Waals surface area contributed by atoms with Gasteiger partial charge >= 0.3 is 0 Å². The van der Waals surface area contributed by atoms with Crippen molar-refractivity contribution in [1.82, 2.24) is 0 Å². The van der Waals surface area contributed by atoms with Crippen LogP contribution in [0.25, 0.3) is 0 Å². The normalized spacial score (nSPS) is 16.0. The summed E-state index contributed by atoms with van der Waals surface area (Å²) in [6.07, 6.45) is 5.06. The molecule has 1 atom stereocenters. The van der Waals surface area contributed by atoms with Gasteiger partial charge in [0, 0.05) is 30.2 Å². The van der Waals surface area contributed by atoms with Crippen molar-refractivity contribution in [3.63, 3.8) is 0 Å². The lowest BCUT2D eigenvalue weighted by Crippen LogP contribution is -2.31. The molecule has 156 valence electrons. The summed E-state index contributed by atoms with van der Waals surface area (Å²) in [5.74, 6) is -0.218. The minimum atomic E-state index is -3.75. The number of amides is 1. The third kappa shape index (κ3) is 5.95. The number of hydrogen-bond donors (Lipinski definition) is 3. The quantitative estimate of drug-likeness (QED) is 0.671. The highest BCUT2D eigenvalue weighted by atomic mass is 32.2. The fraction of sp³-hybridized carbons (Fsp3) is 0.381. The molecular weight excluding hydrogens is 388 g/mol. The Morgan fingerprint density at radius 2 is 1.48 bits per heavy atom. The summed E-state index contributed by atoms with van der Waals surface area (Å²) in [6, 6.07) is 13.5. The third-order valence-corrected chi connectivity index (χ3v) is 5.99. The molecule has 29 heavy (non-hydrogen) atoms. The van der Waals surface area contributed by atoms with E-state index in [0.717, 1.165) is 18.8 Å². The van der Waals surface area contributed by atoms with Crippen LogP contribution in [0.4, 0.5) is 17.1 Å². The number of carbonyl (C=O) groups excluding carboxylic acids is 1. The van der Waals surface area contributed by atoms with Gasteiger partial charge in [0.05, 0.1) is 4.90 Å². The predicted molar refractivity (Wildman–Crippen MR) is 117 cm³/mol. The second kappa shape index (κ2) is 9.28. The molecule has 2 aromatic rings. The van der Waals surface area contributed by atoms with Crippen molar-refractivity contribution < 1.29 is 13.2 Å². The Kier molecular flexibility index (Phi) is 6.76. The van der Waals surface area contributed by atoms with Gasteiger partial charge in [0.1, 0.15) is 6.04 Å².